The number of rotatable bonds is 2. The Labute approximate surface area is 96.3 Å². The molecule has 0 atom stereocenters. The molecule has 1 aromatic heterocycles. The van der Waals surface area contributed by atoms with E-state index in [0.717, 1.165) is 25.0 Å². The van der Waals surface area contributed by atoms with Crippen molar-refractivity contribution in [3.8, 4) is 0 Å². The fourth-order valence-electron chi connectivity index (χ4n) is 2.63. The molecule has 88 valence electrons. The fourth-order valence-corrected chi connectivity index (χ4v) is 2.63. The normalized spacial score (nSPS) is 17.6. The smallest absolute Gasteiger partial charge is 0.274 e. The molecule has 1 aliphatic rings. The third-order valence-corrected chi connectivity index (χ3v) is 3.53. The Bertz CT molecular complexity index is 416. The van der Waals surface area contributed by atoms with Gasteiger partial charge in [-0.05, 0) is 31.4 Å². The standard InChI is InChI=1S/C13H20N2O/c1-2-10-8-9-12(14)13(16)15(10)11-6-4-3-5-7-11/h8-9,11H,2-7,14H2,1H3. The molecule has 0 radical (unpaired) electrons. The van der Waals surface area contributed by atoms with Gasteiger partial charge in [0.05, 0.1) is 5.69 Å². The fraction of sp³-hybridized carbons (Fsp3) is 0.615. The van der Waals surface area contributed by atoms with Crippen LogP contribution in [0.25, 0.3) is 0 Å². The summed E-state index contributed by atoms with van der Waals surface area (Å²) in [7, 11) is 0. The second-order valence-electron chi connectivity index (χ2n) is 4.60. The molecular formula is C13H20N2O. The van der Waals surface area contributed by atoms with E-state index in [9.17, 15) is 4.79 Å². The van der Waals surface area contributed by atoms with Crippen molar-refractivity contribution < 1.29 is 0 Å². The lowest BCUT2D eigenvalue weighted by Crippen LogP contribution is -2.30. The number of aryl methyl sites for hydroxylation is 1. The summed E-state index contributed by atoms with van der Waals surface area (Å²) < 4.78 is 1.94. The highest BCUT2D eigenvalue weighted by Gasteiger charge is 2.19. The third-order valence-electron chi connectivity index (χ3n) is 3.53. The van der Waals surface area contributed by atoms with Crippen LogP contribution >= 0.6 is 0 Å². The maximum absolute atomic E-state index is 12.1. The number of nitrogens with two attached hydrogens (primary N) is 1. The van der Waals surface area contributed by atoms with Gasteiger partial charge in [-0.15, -0.1) is 0 Å². The van der Waals surface area contributed by atoms with Crippen molar-refractivity contribution in [1.29, 1.82) is 0 Å². The summed E-state index contributed by atoms with van der Waals surface area (Å²) in [4.78, 5) is 12.1. The Morgan fingerprint density at radius 3 is 2.62 bits per heavy atom. The van der Waals surface area contributed by atoms with Crippen LogP contribution in [0.4, 0.5) is 5.69 Å². The lowest BCUT2D eigenvalue weighted by molar-refractivity contribution is 0.340. The molecule has 16 heavy (non-hydrogen) atoms. The highest BCUT2D eigenvalue weighted by molar-refractivity contribution is 5.36. The zero-order valence-corrected chi connectivity index (χ0v) is 9.91. The molecule has 0 saturated heterocycles. The molecule has 0 aliphatic heterocycles. The van der Waals surface area contributed by atoms with Crippen LogP contribution in [0.3, 0.4) is 0 Å². The van der Waals surface area contributed by atoms with Crippen LogP contribution in [0.5, 0.6) is 0 Å². The van der Waals surface area contributed by atoms with E-state index >= 15 is 0 Å². The molecule has 3 nitrogen and oxygen atoms in total. The second kappa shape index (κ2) is 4.73. The molecule has 0 aromatic carbocycles. The number of nitrogen functional groups attached to an aromatic ring is 1. The molecule has 3 heteroatoms. The van der Waals surface area contributed by atoms with E-state index in [2.05, 4.69) is 6.92 Å². The molecular weight excluding hydrogens is 200 g/mol. The van der Waals surface area contributed by atoms with Gasteiger partial charge in [0.25, 0.3) is 5.56 Å². The minimum absolute atomic E-state index is 0.00579. The molecule has 0 amide bonds. The Morgan fingerprint density at radius 1 is 1.31 bits per heavy atom. The van der Waals surface area contributed by atoms with Gasteiger partial charge in [-0.1, -0.05) is 26.2 Å². The van der Waals surface area contributed by atoms with Crippen molar-refractivity contribution in [3.05, 3.63) is 28.2 Å². The van der Waals surface area contributed by atoms with Crippen molar-refractivity contribution in [1.82, 2.24) is 4.57 Å². The van der Waals surface area contributed by atoms with Gasteiger partial charge in [-0.25, -0.2) is 0 Å². The second-order valence-corrected chi connectivity index (χ2v) is 4.60. The first-order valence-electron chi connectivity index (χ1n) is 6.24. The highest BCUT2D eigenvalue weighted by Crippen LogP contribution is 2.28. The van der Waals surface area contributed by atoms with E-state index in [0.29, 0.717) is 11.7 Å². The maximum atomic E-state index is 12.1. The van der Waals surface area contributed by atoms with Gasteiger partial charge < -0.3 is 10.3 Å². The summed E-state index contributed by atoms with van der Waals surface area (Å²) >= 11 is 0. The predicted octanol–water partition coefficient (Wildman–Crippen LogP) is 2.50. The summed E-state index contributed by atoms with van der Waals surface area (Å²) in [6.45, 7) is 2.09. The summed E-state index contributed by atoms with van der Waals surface area (Å²) in [5, 5.41) is 0. The number of hydrogen-bond donors (Lipinski definition) is 1. The zero-order valence-electron chi connectivity index (χ0n) is 9.91. The molecule has 1 aromatic rings. The molecule has 2 N–H and O–H groups in total. The largest absolute Gasteiger partial charge is 0.394 e. The summed E-state index contributed by atoms with van der Waals surface area (Å²) in [5.41, 5.74) is 7.22. The zero-order chi connectivity index (χ0) is 11.5. The molecule has 2 rings (SSSR count). The number of pyridine rings is 1. The average Bonchev–Trinajstić information content (AvgIpc) is 2.33. The van der Waals surface area contributed by atoms with Gasteiger partial charge >= 0.3 is 0 Å². The Hall–Kier alpha value is -1.25. The van der Waals surface area contributed by atoms with Crippen molar-refractivity contribution in [2.45, 2.75) is 51.5 Å². The number of aromatic nitrogens is 1. The van der Waals surface area contributed by atoms with E-state index in [1.165, 1.54) is 19.3 Å². The van der Waals surface area contributed by atoms with E-state index in [4.69, 9.17) is 5.73 Å². The van der Waals surface area contributed by atoms with Crippen molar-refractivity contribution in [3.63, 3.8) is 0 Å². The van der Waals surface area contributed by atoms with E-state index in [1.807, 2.05) is 10.6 Å². The van der Waals surface area contributed by atoms with Crippen molar-refractivity contribution in [2.24, 2.45) is 0 Å². The van der Waals surface area contributed by atoms with Gasteiger partial charge in [0.1, 0.15) is 0 Å². The molecule has 0 bridgehead atoms. The van der Waals surface area contributed by atoms with Crippen LogP contribution in [-0.4, -0.2) is 4.57 Å². The summed E-state index contributed by atoms with van der Waals surface area (Å²) in [6.07, 6.45) is 6.90. The molecule has 0 spiro atoms. The lowest BCUT2D eigenvalue weighted by Gasteiger charge is -2.26. The van der Waals surface area contributed by atoms with E-state index in [1.54, 1.807) is 6.07 Å². The minimum atomic E-state index is 0.00579. The molecule has 1 heterocycles. The van der Waals surface area contributed by atoms with Gasteiger partial charge in [-0.3, -0.25) is 4.79 Å². The molecule has 1 fully saturated rings. The van der Waals surface area contributed by atoms with Crippen LogP contribution in [0.15, 0.2) is 16.9 Å². The van der Waals surface area contributed by atoms with Crippen LogP contribution in [0, 0.1) is 0 Å². The average molecular weight is 220 g/mol. The van der Waals surface area contributed by atoms with Crippen molar-refractivity contribution in [2.75, 3.05) is 5.73 Å². The summed E-state index contributed by atoms with van der Waals surface area (Å²) in [5.74, 6) is 0. The molecule has 0 unspecified atom stereocenters. The molecule has 1 aliphatic carbocycles. The van der Waals surface area contributed by atoms with Crippen molar-refractivity contribution >= 4 is 5.69 Å². The number of anilines is 1. The maximum Gasteiger partial charge on any atom is 0.274 e. The number of hydrogen-bond acceptors (Lipinski definition) is 2. The van der Waals surface area contributed by atoms with Crippen LogP contribution < -0.4 is 11.3 Å². The van der Waals surface area contributed by atoms with Gasteiger partial charge in [0, 0.05) is 11.7 Å². The van der Waals surface area contributed by atoms with E-state index in [-0.39, 0.29) is 5.56 Å². The highest BCUT2D eigenvalue weighted by atomic mass is 16.1. The Morgan fingerprint density at radius 2 is 2.00 bits per heavy atom. The quantitative estimate of drug-likeness (QED) is 0.832. The predicted molar refractivity (Wildman–Crippen MR) is 66.6 cm³/mol. The number of nitrogens with zero attached hydrogens (tertiary/aromatic N) is 1. The van der Waals surface area contributed by atoms with Crippen LogP contribution in [0.2, 0.25) is 0 Å². The first-order valence-corrected chi connectivity index (χ1v) is 6.24. The van der Waals surface area contributed by atoms with Gasteiger partial charge in [0.15, 0.2) is 0 Å². The van der Waals surface area contributed by atoms with Gasteiger partial charge in [0.2, 0.25) is 0 Å². The van der Waals surface area contributed by atoms with Crippen LogP contribution in [0.1, 0.15) is 50.8 Å². The SMILES string of the molecule is CCc1ccc(N)c(=O)n1C1CCCCC1. The third kappa shape index (κ3) is 1.99. The van der Waals surface area contributed by atoms with Crippen LogP contribution in [-0.2, 0) is 6.42 Å². The first-order chi connectivity index (χ1) is 7.74. The molecule has 1 saturated carbocycles. The minimum Gasteiger partial charge on any atom is -0.394 e. The Balaban J connectivity index is 2.43. The van der Waals surface area contributed by atoms with Gasteiger partial charge in [-0.2, -0.15) is 0 Å². The summed E-state index contributed by atoms with van der Waals surface area (Å²) in [6, 6.07) is 4.10. The first kappa shape index (κ1) is 11.2. The lowest BCUT2D eigenvalue weighted by atomic mass is 9.94. The van der Waals surface area contributed by atoms with E-state index < -0.39 is 0 Å². The topological polar surface area (TPSA) is 48.0 Å². The Kier molecular flexibility index (Phi) is 3.32. The monoisotopic (exact) mass is 220 g/mol.